The van der Waals surface area contributed by atoms with Gasteiger partial charge in [0.15, 0.2) is 5.16 Å². The molecule has 2 bridgehead atoms. The third-order valence-electron chi connectivity index (χ3n) is 6.07. The molecule has 1 aromatic heterocycles. The Morgan fingerprint density at radius 2 is 2.04 bits per heavy atom. The van der Waals surface area contributed by atoms with Gasteiger partial charge in [-0.25, -0.2) is 9.97 Å². The summed E-state index contributed by atoms with van der Waals surface area (Å²) >= 11 is 1.49. The molecule has 0 aromatic carbocycles. The zero-order chi connectivity index (χ0) is 17.7. The lowest BCUT2D eigenvalue weighted by molar-refractivity contribution is -0.146. The van der Waals surface area contributed by atoms with Crippen LogP contribution in [0, 0.1) is 0 Å². The summed E-state index contributed by atoms with van der Waals surface area (Å²) in [5.74, 6) is 0.571. The first-order chi connectivity index (χ1) is 11.9. The summed E-state index contributed by atoms with van der Waals surface area (Å²) in [6.07, 6.45) is 9.58. The van der Waals surface area contributed by atoms with E-state index < -0.39 is 11.0 Å². The van der Waals surface area contributed by atoms with Gasteiger partial charge >= 0.3 is 5.97 Å². The normalized spacial score (nSPS) is 31.8. The molecule has 0 atom stereocenters. The molecule has 0 radical (unpaired) electrons. The highest BCUT2D eigenvalue weighted by molar-refractivity contribution is 7.98. The van der Waals surface area contributed by atoms with E-state index in [9.17, 15) is 9.90 Å². The smallest absolute Gasteiger partial charge is 0.316 e. The van der Waals surface area contributed by atoms with E-state index in [1.807, 2.05) is 13.2 Å². The van der Waals surface area contributed by atoms with Gasteiger partial charge in [0, 0.05) is 17.3 Å². The predicted octanol–water partition coefficient (Wildman–Crippen LogP) is 2.65. The molecule has 136 valence electrons. The lowest BCUT2D eigenvalue weighted by Crippen LogP contribution is -2.35. The van der Waals surface area contributed by atoms with Crippen molar-refractivity contribution >= 4 is 23.5 Å². The maximum Gasteiger partial charge on any atom is 0.316 e. The Labute approximate surface area is 152 Å². The molecule has 0 unspecified atom stereocenters. The number of nitrogens with one attached hydrogen (secondary N) is 1. The Morgan fingerprint density at radius 3 is 2.56 bits per heavy atom. The van der Waals surface area contributed by atoms with Crippen LogP contribution >= 0.6 is 11.8 Å². The number of aliphatic hydroxyl groups is 1. The number of aromatic nitrogens is 2. The number of carbonyl (C=O) groups is 1. The summed E-state index contributed by atoms with van der Waals surface area (Å²) in [6, 6.07) is 0. The van der Waals surface area contributed by atoms with Crippen LogP contribution in [0.25, 0.3) is 0 Å². The standard InChI is InChI=1S/C18H25N3O3S/c1-3-24-14(22)18(8-9-18)12-10-19-15(25-2)20-13(12)21-16-4-6-17(23,11-16)7-5-16/h10,23H,3-9,11H2,1-2H3,(H,19,20,21). The minimum Gasteiger partial charge on any atom is -0.465 e. The quantitative estimate of drug-likeness (QED) is 0.457. The topological polar surface area (TPSA) is 84.3 Å². The molecule has 0 spiro atoms. The van der Waals surface area contributed by atoms with Gasteiger partial charge in [-0.05, 0) is 58.1 Å². The second kappa shape index (κ2) is 5.84. The fourth-order valence-corrected chi connectivity index (χ4v) is 4.83. The highest BCUT2D eigenvalue weighted by Crippen LogP contribution is 2.55. The minimum absolute atomic E-state index is 0.113. The number of hydrogen-bond donors (Lipinski definition) is 2. The number of fused-ring (bicyclic) bond motifs is 2. The Bertz CT molecular complexity index is 697. The first kappa shape index (κ1) is 17.1. The fraction of sp³-hybridized carbons (Fsp3) is 0.722. The van der Waals surface area contributed by atoms with Gasteiger partial charge in [-0.15, -0.1) is 0 Å². The van der Waals surface area contributed by atoms with E-state index in [-0.39, 0.29) is 11.5 Å². The van der Waals surface area contributed by atoms with E-state index in [1.54, 1.807) is 6.20 Å². The Hall–Kier alpha value is -1.34. The molecule has 3 saturated carbocycles. The number of thioether (sulfide) groups is 1. The third-order valence-corrected chi connectivity index (χ3v) is 6.63. The van der Waals surface area contributed by atoms with Crippen molar-refractivity contribution in [2.24, 2.45) is 0 Å². The van der Waals surface area contributed by atoms with Crippen molar-refractivity contribution in [1.29, 1.82) is 0 Å². The molecule has 6 nitrogen and oxygen atoms in total. The van der Waals surface area contributed by atoms with E-state index in [1.165, 1.54) is 11.8 Å². The fourth-order valence-electron chi connectivity index (χ4n) is 4.48. The summed E-state index contributed by atoms with van der Waals surface area (Å²) in [7, 11) is 0. The van der Waals surface area contributed by atoms with Gasteiger partial charge < -0.3 is 15.2 Å². The third kappa shape index (κ3) is 2.81. The van der Waals surface area contributed by atoms with Crippen LogP contribution in [0.15, 0.2) is 11.4 Å². The van der Waals surface area contributed by atoms with Gasteiger partial charge in [0.25, 0.3) is 0 Å². The monoisotopic (exact) mass is 363 g/mol. The van der Waals surface area contributed by atoms with Crippen LogP contribution in [0.3, 0.4) is 0 Å². The first-order valence-corrected chi connectivity index (χ1v) is 10.3. The van der Waals surface area contributed by atoms with Crippen molar-refractivity contribution in [3.8, 4) is 0 Å². The number of ether oxygens (including phenoxy) is 1. The second-order valence-electron chi connectivity index (χ2n) is 7.73. The molecule has 2 N–H and O–H groups in total. The van der Waals surface area contributed by atoms with Crippen molar-refractivity contribution in [2.75, 3.05) is 18.2 Å². The summed E-state index contributed by atoms with van der Waals surface area (Å²) in [5.41, 5.74) is -0.390. The van der Waals surface area contributed by atoms with Crippen molar-refractivity contribution < 1.29 is 14.6 Å². The van der Waals surface area contributed by atoms with Crippen LogP contribution in [0.5, 0.6) is 0 Å². The van der Waals surface area contributed by atoms with Gasteiger partial charge in [0.2, 0.25) is 0 Å². The molecule has 3 aliphatic rings. The highest BCUT2D eigenvalue weighted by Gasteiger charge is 2.57. The molecule has 7 heteroatoms. The van der Waals surface area contributed by atoms with Crippen molar-refractivity contribution in [3.63, 3.8) is 0 Å². The van der Waals surface area contributed by atoms with E-state index in [0.29, 0.717) is 11.8 Å². The van der Waals surface area contributed by atoms with Gasteiger partial charge in [0.1, 0.15) is 5.82 Å². The van der Waals surface area contributed by atoms with E-state index in [0.717, 1.165) is 56.3 Å². The number of hydrogen-bond acceptors (Lipinski definition) is 7. The lowest BCUT2D eigenvalue weighted by Gasteiger charge is -2.30. The van der Waals surface area contributed by atoms with Crippen molar-refractivity contribution in [1.82, 2.24) is 9.97 Å². The zero-order valence-electron chi connectivity index (χ0n) is 14.8. The number of nitrogens with zero attached hydrogens (tertiary/aromatic N) is 2. The average molecular weight is 363 g/mol. The van der Waals surface area contributed by atoms with E-state index in [4.69, 9.17) is 4.74 Å². The maximum atomic E-state index is 12.5. The molecule has 25 heavy (non-hydrogen) atoms. The Balaban J connectivity index is 1.68. The van der Waals surface area contributed by atoms with Crippen LogP contribution < -0.4 is 5.32 Å². The summed E-state index contributed by atoms with van der Waals surface area (Å²) < 4.78 is 5.31. The first-order valence-electron chi connectivity index (χ1n) is 9.04. The van der Waals surface area contributed by atoms with Gasteiger partial charge in [-0.2, -0.15) is 0 Å². The van der Waals surface area contributed by atoms with Gasteiger partial charge in [-0.1, -0.05) is 11.8 Å². The number of carbonyl (C=O) groups excluding carboxylic acids is 1. The van der Waals surface area contributed by atoms with Crippen LogP contribution in [-0.4, -0.2) is 45.0 Å². The lowest BCUT2D eigenvalue weighted by atomic mass is 9.91. The molecule has 1 aromatic rings. The largest absolute Gasteiger partial charge is 0.465 e. The molecule has 3 aliphatic carbocycles. The number of anilines is 1. The average Bonchev–Trinajstić information content (AvgIpc) is 3.26. The van der Waals surface area contributed by atoms with Crippen LogP contribution in [0.2, 0.25) is 0 Å². The number of rotatable bonds is 6. The molecule has 0 saturated heterocycles. The maximum absolute atomic E-state index is 12.5. The SMILES string of the molecule is CCOC(=O)C1(c2cnc(SC)nc2NC23CCC(O)(CC2)C3)CC1. The summed E-state index contributed by atoms with van der Waals surface area (Å²) in [4.78, 5) is 21.6. The molecular weight excluding hydrogens is 338 g/mol. The van der Waals surface area contributed by atoms with E-state index in [2.05, 4.69) is 15.3 Å². The summed E-state index contributed by atoms with van der Waals surface area (Å²) in [6.45, 7) is 2.21. The second-order valence-corrected chi connectivity index (χ2v) is 8.50. The van der Waals surface area contributed by atoms with Crippen molar-refractivity contribution in [2.45, 2.75) is 73.6 Å². The molecule has 4 rings (SSSR count). The van der Waals surface area contributed by atoms with Gasteiger partial charge in [-0.3, -0.25) is 4.79 Å². The highest BCUT2D eigenvalue weighted by atomic mass is 32.2. The molecule has 1 heterocycles. The number of esters is 1. The minimum atomic E-state index is -0.598. The molecule has 0 amide bonds. The van der Waals surface area contributed by atoms with E-state index >= 15 is 0 Å². The van der Waals surface area contributed by atoms with Gasteiger partial charge in [0.05, 0.1) is 17.6 Å². The predicted molar refractivity (Wildman–Crippen MR) is 95.7 cm³/mol. The molecular formula is C18H25N3O3S. The Morgan fingerprint density at radius 1 is 1.32 bits per heavy atom. The van der Waals surface area contributed by atoms with Crippen LogP contribution in [0.1, 0.15) is 57.4 Å². The molecule has 3 fully saturated rings. The Kier molecular flexibility index (Phi) is 3.99. The van der Waals surface area contributed by atoms with Crippen LogP contribution in [-0.2, 0) is 14.9 Å². The van der Waals surface area contributed by atoms with Crippen LogP contribution in [0.4, 0.5) is 5.82 Å². The summed E-state index contributed by atoms with van der Waals surface area (Å²) in [5, 5.41) is 14.8. The zero-order valence-corrected chi connectivity index (χ0v) is 15.6. The molecule has 0 aliphatic heterocycles. The van der Waals surface area contributed by atoms with Crippen molar-refractivity contribution in [3.05, 3.63) is 11.8 Å².